The molecule has 0 saturated carbocycles. The van der Waals surface area contributed by atoms with Gasteiger partial charge in [0.05, 0.1) is 6.04 Å². The van der Waals surface area contributed by atoms with Gasteiger partial charge in [-0.1, -0.05) is 0 Å². The normalized spacial score (nSPS) is 18.1. The van der Waals surface area contributed by atoms with E-state index in [1.807, 2.05) is 29.5 Å². The Morgan fingerprint density at radius 2 is 2.30 bits per heavy atom. The Morgan fingerprint density at radius 3 is 3.25 bits per heavy atom. The fourth-order valence-corrected chi connectivity index (χ4v) is 3.78. The second-order valence-corrected chi connectivity index (χ2v) is 6.14. The highest BCUT2D eigenvalue weighted by molar-refractivity contribution is 7.10. The van der Waals surface area contributed by atoms with E-state index in [1.54, 1.807) is 0 Å². The second kappa shape index (κ2) is 4.52. The van der Waals surface area contributed by atoms with Gasteiger partial charge < -0.3 is 15.5 Å². The van der Waals surface area contributed by atoms with E-state index in [-0.39, 0.29) is 0 Å². The van der Waals surface area contributed by atoms with Crippen molar-refractivity contribution in [1.82, 2.24) is 4.98 Å². The molecule has 4 nitrogen and oxygen atoms in total. The molecule has 3 N–H and O–H groups in total. The van der Waals surface area contributed by atoms with E-state index in [1.165, 1.54) is 23.3 Å². The molecule has 5 heteroatoms. The lowest BCUT2D eigenvalue weighted by molar-refractivity contribution is 0.559. The summed E-state index contributed by atoms with van der Waals surface area (Å²) in [6.45, 7) is 0. The van der Waals surface area contributed by atoms with Crippen LogP contribution in [0.15, 0.2) is 34.1 Å². The van der Waals surface area contributed by atoms with E-state index in [2.05, 4.69) is 21.7 Å². The number of thiophene rings is 1. The molecule has 1 aromatic carbocycles. The predicted octanol–water partition coefficient (Wildman–Crippen LogP) is 3.96. The number of nitrogens with one attached hydrogen (secondary N) is 1. The molecule has 0 radical (unpaired) electrons. The molecule has 0 spiro atoms. The van der Waals surface area contributed by atoms with Crippen LogP contribution in [0.1, 0.15) is 29.3 Å². The number of fused-ring (bicyclic) bond motifs is 2. The summed E-state index contributed by atoms with van der Waals surface area (Å²) in [6.07, 6.45) is 3.51. The zero-order valence-corrected chi connectivity index (χ0v) is 11.7. The third-order valence-electron chi connectivity index (χ3n) is 3.76. The van der Waals surface area contributed by atoms with Crippen molar-refractivity contribution >= 4 is 34.1 Å². The Balaban J connectivity index is 1.65. The Kier molecular flexibility index (Phi) is 2.67. The monoisotopic (exact) mass is 285 g/mol. The van der Waals surface area contributed by atoms with Gasteiger partial charge in [0.25, 0.3) is 6.01 Å². The summed E-state index contributed by atoms with van der Waals surface area (Å²) in [7, 11) is 0. The summed E-state index contributed by atoms with van der Waals surface area (Å²) in [5.41, 5.74) is 9.41. The number of rotatable bonds is 2. The standard InChI is InChI=1S/C15H15N3OS/c16-9-4-5-12-13(8-9)19-15(18-12)17-11-2-1-3-14-10(11)6-7-20-14/h4-8,11H,1-3,16H2,(H,17,18). The zero-order chi connectivity index (χ0) is 13.5. The van der Waals surface area contributed by atoms with Gasteiger partial charge in [0.2, 0.25) is 0 Å². The fourth-order valence-electron chi connectivity index (χ4n) is 2.79. The quantitative estimate of drug-likeness (QED) is 0.699. The first-order chi connectivity index (χ1) is 9.79. The first-order valence-electron chi connectivity index (χ1n) is 6.78. The van der Waals surface area contributed by atoms with Gasteiger partial charge in [-0.25, -0.2) is 0 Å². The van der Waals surface area contributed by atoms with Gasteiger partial charge in [0, 0.05) is 16.6 Å². The maximum absolute atomic E-state index is 5.76. The molecule has 4 rings (SSSR count). The number of nitrogen functional groups attached to an aromatic ring is 1. The van der Waals surface area contributed by atoms with Crippen molar-refractivity contribution in [2.24, 2.45) is 0 Å². The number of benzene rings is 1. The molecule has 2 heterocycles. The SMILES string of the molecule is Nc1ccc2nc(NC3CCCc4sccc43)oc2c1. The van der Waals surface area contributed by atoms with Crippen LogP contribution in [0.3, 0.4) is 0 Å². The van der Waals surface area contributed by atoms with Crippen molar-refractivity contribution in [3.05, 3.63) is 40.1 Å². The van der Waals surface area contributed by atoms with E-state index in [9.17, 15) is 0 Å². The van der Waals surface area contributed by atoms with E-state index >= 15 is 0 Å². The minimum atomic E-state index is 0.301. The molecule has 0 amide bonds. The van der Waals surface area contributed by atoms with Crippen molar-refractivity contribution in [3.8, 4) is 0 Å². The van der Waals surface area contributed by atoms with Crippen molar-refractivity contribution < 1.29 is 4.42 Å². The number of aryl methyl sites for hydroxylation is 1. The van der Waals surface area contributed by atoms with Crippen molar-refractivity contribution in [2.75, 3.05) is 11.1 Å². The molecule has 3 aromatic rings. The Labute approximate surface area is 120 Å². The highest BCUT2D eigenvalue weighted by Crippen LogP contribution is 2.35. The van der Waals surface area contributed by atoms with Gasteiger partial charge in [-0.2, -0.15) is 4.98 Å². The summed E-state index contributed by atoms with van der Waals surface area (Å²) in [4.78, 5) is 5.96. The third-order valence-corrected chi connectivity index (χ3v) is 4.76. The summed E-state index contributed by atoms with van der Waals surface area (Å²) >= 11 is 1.84. The number of nitrogens with two attached hydrogens (primary N) is 1. The number of hydrogen-bond acceptors (Lipinski definition) is 5. The lowest BCUT2D eigenvalue weighted by atomic mass is 9.94. The minimum Gasteiger partial charge on any atom is -0.423 e. The van der Waals surface area contributed by atoms with Crippen molar-refractivity contribution in [1.29, 1.82) is 0 Å². The molecule has 0 bridgehead atoms. The van der Waals surface area contributed by atoms with E-state index in [0.717, 1.165) is 17.5 Å². The van der Waals surface area contributed by atoms with Gasteiger partial charge in [-0.05, 0) is 48.4 Å². The van der Waals surface area contributed by atoms with Crippen molar-refractivity contribution in [3.63, 3.8) is 0 Å². The molecule has 1 atom stereocenters. The van der Waals surface area contributed by atoms with Crippen LogP contribution in [-0.2, 0) is 6.42 Å². The van der Waals surface area contributed by atoms with Crippen LogP contribution in [-0.4, -0.2) is 4.98 Å². The van der Waals surface area contributed by atoms with Crippen LogP contribution in [0, 0.1) is 0 Å². The number of hydrogen-bond donors (Lipinski definition) is 2. The molecule has 102 valence electrons. The van der Waals surface area contributed by atoms with Gasteiger partial charge in [0.1, 0.15) is 5.52 Å². The lowest BCUT2D eigenvalue weighted by Gasteiger charge is -2.22. The zero-order valence-electron chi connectivity index (χ0n) is 10.9. The smallest absolute Gasteiger partial charge is 0.296 e. The molecule has 0 saturated heterocycles. The van der Waals surface area contributed by atoms with Gasteiger partial charge in [-0.3, -0.25) is 0 Å². The van der Waals surface area contributed by atoms with Crippen LogP contribution in [0.2, 0.25) is 0 Å². The predicted molar refractivity (Wildman–Crippen MR) is 82.0 cm³/mol. The highest BCUT2D eigenvalue weighted by Gasteiger charge is 2.22. The van der Waals surface area contributed by atoms with Crippen LogP contribution in [0.5, 0.6) is 0 Å². The van der Waals surface area contributed by atoms with Crippen molar-refractivity contribution in [2.45, 2.75) is 25.3 Å². The maximum atomic E-state index is 5.76. The molecular formula is C15H15N3OS. The van der Waals surface area contributed by atoms with Gasteiger partial charge in [-0.15, -0.1) is 11.3 Å². The molecule has 1 aliphatic carbocycles. The summed E-state index contributed by atoms with van der Waals surface area (Å²) in [5.74, 6) is 0. The third kappa shape index (κ3) is 1.94. The number of aromatic nitrogens is 1. The van der Waals surface area contributed by atoms with E-state index < -0.39 is 0 Å². The Morgan fingerprint density at radius 1 is 1.35 bits per heavy atom. The average molecular weight is 285 g/mol. The number of nitrogens with zero attached hydrogens (tertiary/aromatic N) is 1. The van der Waals surface area contributed by atoms with Gasteiger partial charge in [0.15, 0.2) is 5.58 Å². The maximum Gasteiger partial charge on any atom is 0.296 e. The lowest BCUT2D eigenvalue weighted by Crippen LogP contribution is -2.15. The van der Waals surface area contributed by atoms with Crippen LogP contribution in [0.25, 0.3) is 11.1 Å². The van der Waals surface area contributed by atoms with E-state index in [4.69, 9.17) is 10.2 Å². The van der Waals surface area contributed by atoms with Gasteiger partial charge >= 0.3 is 0 Å². The Bertz CT molecular complexity index is 761. The molecule has 1 unspecified atom stereocenters. The number of oxazole rings is 1. The van der Waals surface area contributed by atoms with Crippen LogP contribution in [0.4, 0.5) is 11.7 Å². The first-order valence-corrected chi connectivity index (χ1v) is 7.66. The molecule has 1 aliphatic rings. The Hall–Kier alpha value is -2.01. The van der Waals surface area contributed by atoms with Crippen LogP contribution >= 0.6 is 11.3 Å². The number of anilines is 2. The fraction of sp³-hybridized carbons (Fsp3) is 0.267. The summed E-state index contributed by atoms with van der Waals surface area (Å²) in [6, 6.07) is 8.62. The minimum absolute atomic E-state index is 0.301. The molecular weight excluding hydrogens is 270 g/mol. The molecule has 20 heavy (non-hydrogen) atoms. The van der Waals surface area contributed by atoms with E-state index in [0.29, 0.717) is 17.7 Å². The largest absolute Gasteiger partial charge is 0.423 e. The summed E-state index contributed by atoms with van der Waals surface area (Å²) in [5, 5.41) is 5.58. The molecule has 0 aliphatic heterocycles. The summed E-state index contributed by atoms with van der Waals surface area (Å²) < 4.78 is 5.74. The molecule has 0 fully saturated rings. The topological polar surface area (TPSA) is 64.1 Å². The molecule has 2 aromatic heterocycles. The average Bonchev–Trinajstić information content (AvgIpc) is 3.04. The second-order valence-electron chi connectivity index (χ2n) is 5.13. The highest BCUT2D eigenvalue weighted by atomic mass is 32.1. The first kappa shape index (κ1) is 11.8. The van der Waals surface area contributed by atoms with Crippen LogP contribution < -0.4 is 11.1 Å².